The monoisotopic (exact) mass is 348 g/mol. The van der Waals surface area contributed by atoms with Crippen molar-refractivity contribution in [2.75, 3.05) is 14.2 Å². The van der Waals surface area contributed by atoms with E-state index >= 15 is 0 Å². The van der Waals surface area contributed by atoms with Gasteiger partial charge in [0.15, 0.2) is 0 Å². The lowest BCUT2D eigenvalue weighted by Gasteiger charge is -2.10. The minimum atomic E-state index is 0.828. The van der Waals surface area contributed by atoms with Gasteiger partial charge < -0.3 is 14.0 Å². The van der Waals surface area contributed by atoms with E-state index in [1.807, 2.05) is 43.4 Å². The molecule has 0 aliphatic rings. The highest BCUT2D eigenvalue weighted by atomic mass is 16.5. The lowest BCUT2D eigenvalue weighted by molar-refractivity contribution is 0.414. The molecule has 0 radical (unpaired) electrons. The molecule has 26 heavy (non-hydrogen) atoms. The first kappa shape index (κ1) is 17.8. The average Bonchev–Trinajstić information content (AvgIpc) is 3.04. The number of rotatable bonds is 6. The van der Waals surface area contributed by atoms with Crippen molar-refractivity contribution in [2.45, 2.75) is 13.3 Å². The van der Waals surface area contributed by atoms with Crippen LogP contribution in [0.4, 0.5) is 0 Å². The van der Waals surface area contributed by atoms with Crippen molar-refractivity contribution in [3.05, 3.63) is 60.9 Å². The fraction of sp³-hybridized carbons (Fsp3) is 0.227. The molecule has 134 valence electrons. The van der Waals surface area contributed by atoms with Gasteiger partial charge in [-0.1, -0.05) is 13.5 Å². The molecule has 0 unspecified atom stereocenters. The van der Waals surface area contributed by atoms with Crippen LogP contribution in [0.2, 0.25) is 0 Å². The van der Waals surface area contributed by atoms with Crippen LogP contribution in [0.1, 0.15) is 19.2 Å². The molecule has 0 spiro atoms. The molecule has 0 bridgehead atoms. The molecule has 0 aliphatic heterocycles. The molecular formula is C22H24N2O2. The maximum Gasteiger partial charge on any atom is 0.136 e. The van der Waals surface area contributed by atoms with E-state index in [0.29, 0.717) is 0 Å². The minimum Gasteiger partial charge on any atom is -0.497 e. The van der Waals surface area contributed by atoms with E-state index in [4.69, 9.17) is 14.5 Å². The molecule has 1 heterocycles. The zero-order chi connectivity index (χ0) is 18.7. The van der Waals surface area contributed by atoms with E-state index in [9.17, 15) is 0 Å². The number of aromatic nitrogens is 2. The van der Waals surface area contributed by atoms with Gasteiger partial charge in [0.1, 0.15) is 17.3 Å². The van der Waals surface area contributed by atoms with Crippen LogP contribution >= 0.6 is 0 Å². The molecule has 4 heteroatoms. The summed E-state index contributed by atoms with van der Waals surface area (Å²) < 4.78 is 12.7. The summed E-state index contributed by atoms with van der Waals surface area (Å²) in [6.45, 7) is 6.27. The van der Waals surface area contributed by atoms with Crippen LogP contribution < -0.4 is 9.47 Å². The van der Waals surface area contributed by atoms with Gasteiger partial charge in [0.25, 0.3) is 0 Å². The predicted molar refractivity (Wildman–Crippen MR) is 107 cm³/mol. The minimum absolute atomic E-state index is 0.828. The summed E-state index contributed by atoms with van der Waals surface area (Å²) in [6.07, 6.45) is 0.856. The highest BCUT2D eigenvalue weighted by Gasteiger charge is 2.19. The Morgan fingerprint density at radius 2 is 1.42 bits per heavy atom. The Morgan fingerprint density at radius 3 is 1.88 bits per heavy atom. The van der Waals surface area contributed by atoms with Gasteiger partial charge in [0, 0.05) is 18.2 Å². The highest BCUT2D eigenvalue weighted by molar-refractivity contribution is 5.81. The Bertz CT molecular complexity index is 907. The Kier molecular flexibility index (Phi) is 5.12. The number of imidazole rings is 1. The molecule has 0 atom stereocenters. The summed E-state index contributed by atoms with van der Waals surface area (Å²) in [6, 6.07) is 16.0. The molecule has 0 N–H and O–H groups in total. The van der Waals surface area contributed by atoms with E-state index in [2.05, 4.69) is 30.2 Å². The van der Waals surface area contributed by atoms with Crippen LogP contribution in [0.15, 0.2) is 55.1 Å². The van der Waals surface area contributed by atoms with Crippen molar-refractivity contribution in [3.8, 4) is 34.0 Å². The number of nitrogens with zero attached hydrogens (tertiary/aromatic N) is 2. The second-order valence-electron chi connectivity index (χ2n) is 6.11. The number of methoxy groups -OCH3 is 2. The molecule has 4 nitrogen and oxygen atoms in total. The first-order valence-electron chi connectivity index (χ1n) is 8.62. The number of hydrogen-bond acceptors (Lipinski definition) is 3. The Hall–Kier alpha value is -3.01. The summed E-state index contributed by atoms with van der Waals surface area (Å²) in [7, 11) is 5.38. The number of hydrogen-bond donors (Lipinski definition) is 0. The van der Waals surface area contributed by atoms with Crippen molar-refractivity contribution in [2.24, 2.45) is 7.05 Å². The first-order valence-corrected chi connectivity index (χ1v) is 8.62. The van der Waals surface area contributed by atoms with Crippen LogP contribution in [0.3, 0.4) is 0 Å². The van der Waals surface area contributed by atoms with E-state index in [0.717, 1.165) is 51.8 Å². The quantitative estimate of drug-likeness (QED) is 0.615. The third kappa shape index (κ3) is 3.23. The van der Waals surface area contributed by atoms with Crippen molar-refractivity contribution in [3.63, 3.8) is 0 Å². The number of benzene rings is 2. The molecule has 0 amide bonds. The van der Waals surface area contributed by atoms with Gasteiger partial charge in [-0.25, -0.2) is 4.98 Å². The second-order valence-corrected chi connectivity index (χ2v) is 6.11. The van der Waals surface area contributed by atoms with Gasteiger partial charge in [-0.15, -0.1) is 0 Å². The van der Waals surface area contributed by atoms with Crippen LogP contribution in [-0.2, 0) is 7.05 Å². The molecule has 0 fully saturated rings. The largest absolute Gasteiger partial charge is 0.497 e. The standard InChI is InChI=1S/C22H24N2O2/c1-6-15(2)22-23-20(16-7-11-18(25-4)12-8-16)21(24(22)3)17-9-13-19(26-5)14-10-17/h7-14H,2,6H2,1,3-5H3. The summed E-state index contributed by atoms with van der Waals surface area (Å²) in [5.74, 6) is 2.57. The predicted octanol–water partition coefficient (Wildman–Crippen LogP) is 5.19. The zero-order valence-electron chi connectivity index (χ0n) is 15.7. The average molecular weight is 348 g/mol. The number of ether oxygens (including phenoxy) is 2. The van der Waals surface area contributed by atoms with Crippen LogP contribution in [0.25, 0.3) is 28.1 Å². The first-order chi connectivity index (χ1) is 12.6. The van der Waals surface area contributed by atoms with E-state index in [-0.39, 0.29) is 0 Å². The number of allylic oxidation sites excluding steroid dienone is 1. The summed E-state index contributed by atoms with van der Waals surface area (Å²) in [5, 5.41) is 0. The Labute approximate surface area is 154 Å². The summed E-state index contributed by atoms with van der Waals surface area (Å²) >= 11 is 0. The zero-order valence-corrected chi connectivity index (χ0v) is 15.7. The van der Waals surface area contributed by atoms with Gasteiger partial charge in [0.05, 0.1) is 25.6 Å². The lowest BCUT2D eigenvalue weighted by atomic mass is 10.0. The van der Waals surface area contributed by atoms with Crippen molar-refractivity contribution >= 4 is 5.57 Å². The second kappa shape index (κ2) is 7.48. The fourth-order valence-electron chi connectivity index (χ4n) is 3.00. The Balaban J connectivity index is 2.18. The van der Waals surface area contributed by atoms with Gasteiger partial charge in [-0.3, -0.25) is 0 Å². The molecule has 2 aromatic carbocycles. The summed E-state index contributed by atoms with van der Waals surface area (Å²) in [4.78, 5) is 4.92. The van der Waals surface area contributed by atoms with Crippen molar-refractivity contribution in [1.82, 2.24) is 9.55 Å². The van der Waals surface area contributed by atoms with Crippen molar-refractivity contribution in [1.29, 1.82) is 0 Å². The fourth-order valence-corrected chi connectivity index (χ4v) is 3.00. The Morgan fingerprint density at radius 1 is 0.923 bits per heavy atom. The van der Waals surface area contributed by atoms with Gasteiger partial charge in [-0.05, 0) is 60.5 Å². The van der Waals surface area contributed by atoms with Gasteiger partial charge in [-0.2, -0.15) is 0 Å². The van der Waals surface area contributed by atoms with Crippen molar-refractivity contribution < 1.29 is 9.47 Å². The van der Waals surface area contributed by atoms with E-state index in [1.54, 1.807) is 14.2 Å². The van der Waals surface area contributed by atoms with Crippen LogP contribution in [-0.4, -0.2) is 23.8 Å². The molecule has 0 saturated heterocycles. The van der Waals surface area contributed by atoms with E-state index < -0.39 is 0 Å². The lowest BCUT2D eigenvalue weighted by Crippen LogP contribution is -1.98. The van der Waals surface area contributed by atoms with E-state index in [1.165, 1.54) is 0 Å². The maximum absolute atomic E-state index is 5.29. The van der Waals surface area contributed by atoms with Gasteiger partial charge >= 0.3 is 0 Å². The molecule has 0 saturated carbocycles. The molecule has 3 rings (SSSR count). The van der Waals surface area contributed by atoms with Gasteiger partial charge in [0.2, 0.25) is 0 Å². The summed E-state index contributed by atoms with van der Waals surface area (Å²) in [5.41, 5.74) is 5.14. The highest BCUT2D eigenvalue weighted by Crippen LogP contribution is 2.35. The van der Waals surface area contributed by atoms with Crippen LogP contribution in [0.5, 0.6) is 11.5 Å². The molecular weight excluding hydrogens is 324 g/mol. The molecule has 1 aromatic heterocycles. The maximum atomic E-state index is 5.29. The third-order valence-electron chi connectivity index (χ3n) is 4.57. The molecule has 3 aromatic rings. The SMILES string of the molecule is C=C(CC)c1nc(-c2ccc(OC)cc2)c(-c2ccc(OC)cc2)n1C. The third-order valence-corrected chi connectivity index (χ3v) is 4.57. The smallest absolute Gasteiger partial charge is 0.136 e. The van der Waals surface area contributed by atoms with Crippen LogP contribution in [0, 0.1) is 0 Å². The topological polar surface area (TPSA) is 36.3 Å². The molecule has 0 aliphatic carbocycles. The normalized spacial score (nSPS) is 10.6.